The Kier molecular flexibility index (Phi) is 6.70. The predicted octanol–water partition coefficient (Wildman–Crippen LogP) is 1.36. The summed E-state index contributed by atoms with van der Waals surface area (Å²) in [5.41, 5.74) is -0.0602. The average Bonchev–Trinajstić information content (AvgIpc) is 2.58. The number of hydrogen-bond donors (Lipinski definition) is 2. The van der Waals surface area contributed by atoms with Crippen LogP contribution in [0.3, 0.4) is 0 Å². The Hall–Kier alpha value is -2.15. The number of unbranched alkanes of at least 4 members (excludes halogenated alkanes) is 1. The average molecular weight is 431 g/mol. The lowest BCUT2D eigenvalue weighted by atomic mass is 10.1. The highest BCUT2D eigenvalue weighted by molar-refractivity contribution is 7.86. The van der Waals surface area contributed by atoms with Crippen LogP contribution in [0, 0.1) is 0 Å². The maximum atomic E-state index is 11.7. The molecule has 0 aliphatic carbocycles. The van der Waals surface area contributed by atoms with Crippen LogP contribution in [0.4, 0.5) is 5.95 Å². The van der Waals surface area contributed by atoms with Gasteiger partial charge >= 0.3 is 0 Å². The van der Waals surface area contributed by atoms with Gasteiger partial charge in [-0.25, -0.2) is 4.98 Å². The minimum Gasteiger partial charge on any atom is -0.347 e. The van der Waals surface area contributed by atoms with Gasteiger partial charge in [0.05, 0.1) is 9.79 Å². The maximum absolute atomic E-state index is 11.7. The van der Waals surface area contributed by atoms with Crippen LogP contribution in [0.5, 0.6) is 0 Å². The molecular weight excluding hydrogens is 408 g/mol. The summed E-state index contributed by atoms with van der Waals surface area (Å²) in [5, 5.41) is 0. The number of rotatable bonds is 8. The molecule has 0 atom stereocenters. The van der Waals surface area contributed by atoms with Crippen molar-refractivity contribution >= 4 is 26.2 Å². The topological polar surface area (TPSA) is 151 Å². The molecule has 0 amide bonds. The first-order chi connectivity index (χ1) is 12.9. The van der Waals surface area contributed by atoms with Gasteiger partial charge in [-0.2, -0.15) is 26.8 Å². The molecule has 0 fully saturated rings. The van der Waals surface area contributed by atoms with E-state index in [1.54, 1.807) is 19.0 Å². The van der Waals surface area contributed by atoms with Crippen molar-refractivity contribution < 1.29 is 25.9 Å². The van der Waals surface area contributed by atoms with Crippen LogP contribution >= 0.6 is 0 Å². The monoisotopic (exact) mass is 430 g/mol. The molecule has 1 aromatic carbocycles. The van der Waals surface area contributed by atoms with Gasteiger partial charge in [-0.05, 0) is 30.2 Å². The zero-order chi connectivity index (χ0) is 21.1. The summed E-state index contributed by atoms with van der Waals surface area (Å²) < 4.78 is 64.9. The first-order valence-electron chi connectivity index (χ1n) is 8.41. The SMILES string of the molecule is CCCCc1nc(Cc2cc(S(=O)(=O)O)ccc2S(=O)(=O)O)nc(N(C)C)n1. The Morgan fingerprint density at radius 1 is 0.964 bits per heavy atom. The maximum Gasteiger partial charge on any atom is 0.294 e. The van der Waals surface area contributed by atoms with Crippen molar-refractivity contribution in [2.75, 3.05) is 19.0 Å². The van der Waals surface area contributed by atoms with Gasteiger partial charge in [-0.3, -0.25) is 9.11 Å². The third-order valence-corrected chi connectivity index (χ3v) is 5.63. The summed E-state index contributed by atoms with van der Waals surface area (Å²) in [7, 11) is -5.70. The number of anilines is 1. The first-order valence-corrected chi connectivity index (χ1v) is 11.3. The Morgan fingerprint density at radius 2 is 1.61 bits per heavy atom. The lowest BCUT2D eigenvalue weighted by molar-refractivity contribution is 0.477. The second-order valence-corrected chi connectivity index (χ2v) is 9.17. The fraction of sp³-hybridized carbons (Fsp3) is 0.438. The Balaban J connectivity index is 2.58. The molecule has 0 bridgehead atoms. The standard InChI is InChI=1S/C16H22N4O6S2/c1-4-5-6-14-17-15(19-16(18-14)20(2)3)10-11-9-12(27(21,22)23)7-8-13(11)28(24,25)26/h7-9H,4-6,10H2,1-3H3,(H,21,22,23)(H,24,25,26). The third kappa shape index (κ3) is 5.67. The fourth-order valence-electron chi connectivity index (χ4n) is 2.46. The largest absolute Gasteiger partial charge is 0.347 e. The smallest absolute Gasteiger partial charge is 0.294 e. The minimum atomic E-state index is -4.62. The van der Waals surface area contributed by atoms with Gasteiger partial charge in [-0.1, -0.05) is 13.3 Å². The van der Waals surface area contributed by atoms with Gasteiger partial charge < -0.3 is 4.90 Å². The van der Waals surface area contributed by atoms with Crippen LogP contribution in [0.15, 0.2) is 28.0 Å². The lowest BCUT2D eigenvalue weighted by Gasteiger charge is -2.14. The fourth-order valence-corrected chi connectivity index (χ4v) is 3.69. The number of hydrogen-bond acceptors (Lipinski definition) is 8. The molecule has 28 heavy (non-hydrogen) atoms. The molecule has 1 heterocycles. The summed E-state index contributed by atoms with van der Waals surface area (Å²) in [6.07, 6.45) is 2.20. The summed E-state index contributed by atoms with van der Waals surface area (Å²) in [4.78, 5) is 13.6. The molecule has 10 nitrogen and oxygen atoms in total. The predicted molar refractivity (Wildman–Crippen MR) is 102 cm³/mol. The van der Waals surface area contributed by atoms with Gasteiger partial charge in [0.1, 0.15) is 11.6 Å². The van der Waals surface area contributed by atoms with Crippen LogP contribution in [0.1, 0.15) is 37.0 Å². The van der Waals surface area contributed by atoms with Crippen LogP contribution in [-0.2, 0) is 33.1 Å². The summed E-state index contributed by atoms with van der Waals surface area (Å²) >= 11 is 0. The highest BCUT2D eigenvalue weighted by Crippen LogP contribution is 2.23. The Bertz CT molecular complexity index is 1070. The molecule has 0 unspecified atom stereocenters. The normalized spacial score (nSPS) is 12.2. The van der Waals surface area contributed by atoms with Crippen LogP contribution < -0.4 is 4.90 Å². The molecular formula is C16H22N4O6S2. The van der Waals surface area contributed by atoms with Crippen molar-refractivity contribution in [3.63, 3.8) is 0 Å². The lowest BCUT2D eigenvalue weighted by Crippen LogP contribution is -2.17. The molecule has 0 spiro atoms. The van der Waals surface area contributed by atoms with Gasteiger partial charge in [-0.15, -0.1) is 0 Å². The van der Waals surface area contributed by atoms with E-state index in [0.29, 0.717) is 18.2 Å². The van der Waals surface area contributed by atoms with E-state index in [-0.39, 0.29) is 17.8 Å². The number of benzene rings is 1. The molecule has 0 aliphatic heterocycles. The Labute approximate surface area is 164 Å². The minimum absolute atomic E-state index is 0.0602. The molecule has 2 rings (SSSR count). The van der Waals surface area contributed by atoms with E-state index in [4.69, 9.17) is 0 Å². The second-order valence-electron chi connectivity index (χ2n) is 6.36. The van der Waals surface area contributed by atoms with Gasteiger partial charge in [0.25, 0.3) is 20.2 Å². The molecule has 0 saturated heterocycles. The Morgan fingerprint density at radius 3 is 2.14 bits per heavy atom. The molecule has 154 valence electrons. The molecule has 2 aromatic rings. The zero-order valence-corrected chi connectivity index (χ0v) is 17.3. The van der Waals surface area contributed by atoms with E-state index >= 15 is 0 Å². The van der Waals surface area contributed by atoms with Crippen molar-refractivity contribution in [2.24, 2.45) is 0 Å². The quantitative estimate of drug-likeness (QED) is 0.587. The van der Waals surface area contributed by atoms with Crippen molar-refractivity contribution in [1.29, 1.82) is 0 Å². The van der Waals surface area contributed by atoms with E-state index in [1.165, 1.54) is 0 Å². The first kappa shape index (κ1) is 22.1. The summed E-state index contributed by atoms with van der Waals surface area (Å²) in [5.74, 6) is 1.10. The van der Waals surface area contributed by atoms with Crippen molar-refractivity contribution in [1.82, 2.24) is 15.0 Å². The molecule has 0 aliphatic rings. The molecule has 0 radical (unpaired) electrons. The van der Waals surface area contributed by atoms with Gasteiger partial charge in [0.15, 0.2) is 0 Å². The molecule has 12 heteroatoms. The zero-order valence-electron chi connectivity index (χ0n) is 15.7. The third-order valence-electron chi connectivity index (χ3n) is 3.83. The van der Waals surface area contributed by atoms with Crippen molar-refractivity contribution in [3.05, 3.63) is 35.4 Å². The van der Waals surface area contributed by atoms with Gasteiger partial charge in [0, 0.05) is 26.9 Å². The highest BCUT2D eigenvalue weighted by atomic mass is 32.2. The van der Waals surface area contributed by atoms with E-state index in [1.807, 2.05) is 6.92 Å². The van der Waals surface area contributed by atoms with E-state index in [9.17, 15) is 25.9 Å². The van der Waals surface area contributed by atoms with Crippen molar-refractivity contribution in [2.45, 2.75) is 42.4 Å². The highest BCUT2D eigenvalue weighted by Gasteiger charge is 2.21. The second kappa shape index (κ2) is 8.47. The summed E-state index contributed by atoms with van der Waals surface area (Å²) in [6, 6.07) is 2.79. The van der Waals surface area contributed by atoms with Crippen LogP contribution in [-0.4, -0.2) is 55.0 Å². The number of aryl methyl sites for hydroxylation is 1. The molecule has 2 N–H and O–H groups in total. The number of nitrogens with zero attached hydrogens (tertiary/aromatic N) is 4. The number of aromatic nitrogens is 3. The molecule has 1 aromatic heterocycles. The van der Waals surface area contributed by atoms with Crippen LogP contribution in [0.25, 0.3) is 0 Å². The van der Waals surface area contributed by atoms with Gasteiger partial charge in [0.2, 0.25) is 5.95 Å². The summed E-state index contributed by atoms with van der Waals surface area (Å²) in [6.45, 7) is 2.02. The van der Waals surface area contributed by atoms with E-state index in [2.05, 4.69) is 15.0 Å². The van der Waals surface area contributed by atoms with E-state index in [0.717, 1.165) is 31.0 Å². The molecule has 0 saturated carbocycles. The van der Waals surface area contributed by atoms with Crippen LogP contribution in [0.2, 0.25) is 0 Å². The van der Waals surface area contributed by atoms with E-state index < -0.39 is 30.0 Å². The van der Waals surface area contributed by atoms with Crippen molar-refractivity contribution in [3.8, 4) is 0 Å².